The molecule has 2 aromatic rings. The summed E-state index contributed by atoms with van der Waals surface area (Å²) in [5.41, 5.74) is 3.30. The van der Waals surface area contributed by atoms with Gasteiger partial charge in [-0.3, -0.25) is 5.43 Å². The molecule has 3 N–H and O–H groups in total. The van der Waals surface area contributed by atoms with Crippen LogP contribution in [0.1, 0.15) is 5.56 Å². The highest BCUT2D eigenvalue weighted by atomic mass is 79.9. The maximum atomic E-state index is 9.92. The van der Waals surface area contributed by atoms with Crippen LogP contribution in [0.4, 0.5) is 0 Å². The lowest BCUT2D eigenvalue weighted by atomic mass is 10.0. The predicted molar refractivity (Wildman–Crippen MR) is 85.7 cm³/mol. The Bertz CT molecular complexity index is 658. The summed E-state index contributed by atoms with van der Waals surface area (Å²) in [6, 6.07) is 9.34. The van der Waals surface area contributed by atoms with Crippen molar-refractivity contribution in [3.63, 3.8) is 0 Å². The van der Waals surface area contributed by atoms with Gasteiger partial charge in [-0.2, -0.15) is 5.10 Å². The number of phenolic OH excluding ortho intramolecular Hbond substituents is 1. The minimum atomic E-state index is 0.177. The molecule has 0 heterocycles. The number of fused-ring (bicyclic) bond motifs is 1. The zero-order valence-electron chi connectivity index (χ0n) is 10.1. The van der Waals surface area contributed by atoms with E-state index in [0.717, 1.165) is 15.2 Å². The highest BCUT2D eigenvalue weighted by Gasteiger charge is 2.05. The summed E-state index contributed by atoms with van der Waals surface area (Å²) in [7, 11) is 1.71. The maximum absolute atomic E-state index is 9.92. The van der Waals surface area contributed by atoms with E-state index in [-0.39, 0.29) is 5.75 Å². The molecule has 4 nitrogen and oxygen atoms in total. The first kappa shape index (κ1) is 13.8. The second kappa shape index (κ2) is 5.99. The van der Waals surface area contributed by atoms with Crippen molar-refractivity contribution in [2.45, 2.75) is 0 Å². The lowest BCUT2D eigenvalue weighted by Gasteiger charge is -2.06. The number of hydrogen-bond acceptors (Lipinski definition) is 3. The van der Waals surface area contributed by atoms with Crippen LogP contribution in [0, 0.1) is 0 Å². The van der Waals surface area contributed by atoms with Gasteiger partial charge >= 0.3 is 0 Å². The lowest BCUT2D eigenvalue weighted by molar-refractivity contribution is 0.475. The third kappa shape index (κ3) is 3.21. The summed E-state index contributed by atoms with van der Waals surface area (Å²) in [5, 5.41) is 19.0. The molecule has 0 aliphatic heterocycles. The third-order valence-corrected chi connectivity index (χ3v) is 3.38. The van der Waals surface area contributed by atoms with E-state index in [1.165, 1.54) is 0 Å². The molecule has 2 aromatic carbocycles. The van der Waals surface area contributed by atoms with Crippen molar-refractivity contribution >= 4 is 50.2 Å². The van der Waals surface area contributed by atoms with E-state index < -0.39 is 0 Å². The fourth-order valence-corrected chi connectivity index (χ4v) is 2.09. The van der Waals surface area contributed by atoms with Crippen molar-refractivity contribution in [3.05, 3.63) is 40.4 Å². The van der Waals surface area contributed by atoms with Crippen molar-refractivity contribution in [2.24, 2.45) is 5.10 Å². The van der Waals surface area contributed by atoms with Crippen molar-refractivity contribution in [1.29, 1.82) is 0 Å². The smallest absolute Gasteiger partial charge is 0.186 e. The van der Waals surface area contributed by atoms with Gasteiger partial charge in [0.25, 0.3) is 0 Å². The predicted octanol–water partition coefficient (Wildman–Crippen LogP) is 2.74. The molecule has 0 aromatic heterocycles. The highest BCUT2D eigenvalue weighted by Crippen LogP contribution is 2.27. The molecular weight excluding hydrogens is 326 g/mol. The Balaban J connectivity index is 2.41. The molecule has 98 valence electrons. The van der Waals surface area contributed by atoms with Crippen LogP contribution >= 0.6 is 28.1 Å². The van der Waals surface area contributed by atoms with Gasteiger partial charge in [-0.15, -0.1) is 0 Å². The lowest BCUT2D eigenvalue weighted by Crippen LogP contribution is -2.28. The molecule has 0 fully saturated rings. The quantitative estimate of drug-likeness (QED) is 0.448. The summed E-state index contributed by atoms with van der Waals surface area (Å²) >= 11 is 8.33. The molecule has 0 bridgehead atoms. The molecule has 19 heavy (non-hydrogen) atoms. The van der Waals surface area contributed by atoms with E-state index in [9.17, 15) is 5.11 Å². The van der Waals surface area contributed by atoms with Gasteiger partial charge in [0.1, 0.15) is 5.75 Å². The molecule has 0 unspecified atom stereocenters. The Morgan fingerprint density at radius 3 is 2.89 bits per heavy atom. The zero-order chi connectivity index (χ0) is 13.8. The summed E-state index contributed by atoms with van der Waals surface area (Å²) in [4.78, 5) is 0. The number of hydrazone groups is 1. The van der Waals surface area contributed by atoms with Crippen LogP contribution in [0.3, 0.4) is 0 Å². The number of nitrogens with one attached hydrogen (secondary N) is 2. The highest BCUT2D eigenvalue weighted by molar-refractivity contribution is 9.10. The molecule has 0 aliphatic rings. The molecule has 0 aliphatic carbocycles. The average Bonchev–Trinajstić information content (AvgIpc) is 2.41. The van der Waals surface area contributed by atoms with Gasteiger partial charge in [-0.05, 0) is 41.2 Å². The Kier molecular flexibility index (Phi) is 4.34. The number of rotatable bonds is 2. The molecule has 0 amide bonds. The van der Waals surface area contributed by atoms with Gasteiger partial charge in [-0.25, -0.2) is 0 Å². The number of nitrogens with zero attached hydrogens (tertiary/aromatic N) is 1. The fraction of sp³-hybridized carbons (Fsp3) is 0.0769. The molecule has 0 spiro atoms. The van der Waals surface area contributed by atoms with Crippen LogP contribution < -0.4 is 10.7 Å². The van der Waals surface area contributed by atoms with Gasteiger partial charge in [0.15, 0.2) is 5.11 Å². The average molecular weight is 338 g/mol. The molecule has 0 saturated carbocycles. The molecule has 6 heteroatoms. The Hall–Kier alpha value is -1.66. The third-order valence-electron chi connectivity index (χ3n) is 2.59. The minimum absolute atomic E-state index is 0.177. The van der Waals surface area contributed by atoms with E-state index in [2.05, 4.69) is 31.8 Å². The van der Waals surface area contributed by atoms with Crippen molar-refractivity contribution in [2.75, 3.05) is 7.05 Å². The van der Waals surface area contributed by atoms with Gasteiger partial charge in [-0.1, -0.05) is 28.1 Å². The number of thiocarbonyl (C=S) groups is 1. The van der Waals surface area contributed by atoms with Crippen LogP contribution in [0.25, 0.3) is 10.8 Å². The molecule has 0 radical (unpaired) electrons. The van der Waals surface area contributed by atoms with Crippen LogP contribution in [0.5, 0.6) is 5.75 Å². The number of phenols is 1. The molecule has 0 atom stereocenters. The van der Waals surface area contributed by atoms with Gasteiger partial charge in [0.05, 0.1) is 6.21 Å². The first-order chi connectivity index (χ1) is 9.11. The second-order valence-electron chi connectivity index (χ2n) is 3.81. The number of aromatic hydroxyl groups is 1. The first-order valence-electron chi connectivity index (χ1n) is 5.54. The summed E-state index contributed by atoms with van der Waals surface area (Å²) in [5.74, 6) is 0.177. The van der Waals surface area contributed by atoms with Gasteiger partial charge in [0, 0.05) is 17.1 Å². The Labute approximate surface area is 124 Å². The second-order valence-corrected chi connectivity index (χ2v) is 5.14. The van der Waals surface area contributed by atoms with Crippen molar-refractivity contribution in [3.8, 4) is 5.75 Å². The van der Waals surface area contributed by atoms with E-state index >= 15 is 0 Å². The van der Waals surface area contributed by atoms with E-state index in [1.54, 1.807) is 19.3 Å². The van der Waals surface area contributed by atoms with Crippen molar-refractivity contribution < 1.29 is 5.11 Å². The number of hydrogen-bond donors (Lipinski definition) is 3. The topological polar surface area (TPSA) is 56.7 Å². The van der Waals surface area contributed by atoms with Crippen LogP contribution in [0.2, 0.25) is 0 Å². The zero-order valence-corrected chi connectivity index (χ0v) is 12.5. The maximum Gasteiger partial charge on any atom is 0.186 e. The van der Waals surface area contributed by atoms with E-state index in [1.807, 2.05) is 24.3 Å². The number of halogens is 1. The Morgan fingerprint density at radius 1 is 1.37 bits per heavy atom. The van der Waals surface area contributed by atoms with Crippen molar-refractivity contribution in [1.82, 2.24) is 10.7 Å². The van der Waals surface area contributed by atoms with E-state index in [4.69, 9.17) is 12.2 Å². The standard InChI is InChI=1S/C13H12BrN3OS/c1-15-13(19)17-16-7-11-10-4-3-9(14)6-8(10)2-5-12(11)18/h2-7,18H,1H3,(H2,15,17,19)/b16-7+. The summed E-state index contributed by atoms with van der Waals surface area (Å²) < 4.78 is 0.989. The minimum Gasteiger partial charge on any atom is -0.507 e. The molecular formula is C13H12BrN3OS. The van der Waals surface area contributed by atoms with Gasteiger partial charge < -0.3 is 10.4 Å². The fourth-order valence-electron chi connectivity index (χ4n) is 1.66. The summed E-state index contributed by atoms with van der Waals surface area (Å²) in [6.45, 7) is 0. The van der Waals surface area contributed by atoms with Crippen LogP contribution in [0.15, 0.2) is 39.9 Å². The SMILES string of the molecule is CNC(=S)N/N=C/c1c(O)ccc2cc(Br)ccc12. The van der Waals surface area contributed by atoms with Gasteiger partial charge in [0.2, 0.25) is 0 Å². The number of benzene rings is 2. The summed E-state index contributed by atoms with van der Waals surface area (Å²) in [6.07, 6.45) is 1.55. The first-order valence-corrected chi connectivity index (χ1v) is 6.74. The molecule has 0 saturated heterocycles. The largest absolute Gasteiger partial charge is 0.507 e. The normalized spacial score (nSPS) is 10.8. The van der Waals surface area contributed by atoms with Crippen LogP contribution in [-0.2, 0) is 0 Å². The van der Waals surface area contributed by atoms with E-state index in [0.29, 0.717) is 10.7 Å². The molecule has 2 rings (SSSR count). The van der Waals surface area contributed by atoms with Crippen LogP contribution in [-0.4, -0.2) is 23.5 Å². The Morgan fingerprint density at radius 2 is 2.16 bits per heavy atom. The monoisotopic (exact) mass is 337 g/mol.